The Balaban J connectivity index is 0.00000227. The molecule has 0 amide bonds. The molecule has 0 spiro atoms. The highest BCUT2D eigenvalue weighted by molar-refractivity contribution is 14.1. The van der Waals surface area contributed by atoms with Crippen LogP contribution in [0.1, 0.15) is 32.0 Å². The standard InChI is InChI=1S/C23H19IN4.C2H6.CH3I/c1-3-5-10-16(4-2)21(23(27)17-11-6-7-12-18(17)24)22(19(26)15-25)20-13-8-9-14-28-20;2*1-2/h3-14,26-27H,1H2,2H3;1-2H3;1H3/b10-5-,16-4+,22-21+,26-19?,27-23?;;. The van der Waals surface area contributed by atoms with Gasteiger partial charge in [-0.1, -0.05) is 91.6 Å². The van der Waals surface area contributed by atoms with E-state index in [-0.39, 0.29) is 11.4 Å². The molecule has 2 N–H and O–H groups in total. The highest BCUT2D eigenvalue weighted by atomic mass is 127. The minimum Gasteiger partial charge on any atom is -0.300 e. The normalized spacial score (nSPS) is 11.1. The molecule has 2 aromatic rings. The molecule has 1 heterocycles. The number of pyridine rings is 1. The Hall–Kier alpha value is -2.38. The summed E-state index contributed by atoms with van der Waals surface area (Å²) in [5.74, 6) is 0. The van der Waals surface area contributed by atoms with Gasteiger partial charge in [0.25, 0.3) is 0 Å². The van der Waals surface area contributed by atoms with Crippen LogP contribution in [0.3, 0.4) is 0 Å². The zero-order chi connectivity index (χ0) is 24.5. The number of hydrogen-bond donors (Lipinski definition) is 2. The van der Waals surface area contributed by atoms with E-state index in [4.69, 9.17) is 10.8 Å². The Kier molecular flexibility index (Phi) is 15.9. The molecule has 0 atom stereocenters. The van der Waals surface area contributed by atoms with Gasteiger partial charge in [-0.15, -0.1) is 0 Å². The van der Waals surface area contributed by atoms with Crippen LogP contribution in [0, 0.1) is 25.7 Å². The molecule has 0 bridgehead atoms. The number of hydrogen-bond acceptors (Lipinski definition) is 4. The molecule has 4 nitrogen and oxygen atoms in total. The summed E-state index contributed by atoms with van der Waals surface area (Å²) in [6.45, 7) is 9.56. The average molecular weight is 650 g/mol. The zero-order valence-electron chi connectivity index (χ0n) is 18.8. The van der Waals surface area contributed by atoms with E-state index in [9.17, 15) is 5.26 Å². The first kappa shape index (κ1) is 29.6. The van der Waals surface area contributed by atoms with Crippen molar-refractivity contribution in [3.63, 3.8) is 0 Å². The molecule has 0 saturated heterocycles. The van der Waals surface area contributed by atoms with Crippen LogP contribution in [0.15, 0.2) is 90.7 Å². The Morgan fingerprint density at radius 1 is 1.09 bits per heavy atom. The molecule has 6 heteroatoms. The number of nitriles is 1. The maximum absolute atomic E-state index is 9.49. The summed E-state index contributed by atoms with van der Waals surface area (Å²) < 4.78 is 0.912. The van der Waals surface area contributed by atoms with Crippen molar-refractivity contribution in [1.82, 2.24) is 4.98 Å². The van der Waals surface area contributed by atoms with Crippen LogP contribution in [-0.2, 0) is 0 Å². The predicted molar refractivity (Wildman–Crippen MR) is 155 cm³/mol. The van der Waals surface area contributed by atoms with Gasteiger partial charge in [0, 0.05) is 26.5 Å². The fourth-order valence-electron chi connectivity index (χ4n) is 2.66. The first-order valence-corrected chi connectivity index (χ1v) is 13.1. The predicted octanol–water partition coefficient (Wildman–Crippen LogP) is 7.82. The van der Waals surface area contributed by atoms with Crippen molar-refractivity contribution >= 4 is 62.2 Å². The number of alkyl halides is 1. The van der Waals surface area contributed by atoms with Gasteiger partial charge in [-0.05, 0) is 58.2 Å². The van der Waals surface area contributed by atoms with Crippen molar-refractivity contribution in [3.8, 4) is 6.07 Å². The summed E-state index contributed by atoms with van der Waals surface area (Å²) in [6.07, 6.45) is 8.70. The summed E-state index contributed by atoms with van der Waals surface area (Å²) in [6, 6.07) is 14.8. The van der Waals surface area contributed by atoms with E-state index < -0.39 is 0 Å². The second-order valence-electron chi connectivity index (χ2n) is 5.65. The minimum atomic E-state index is -0.240. The second-order valence-corrected chi connectivity index (χ2v) is 6.81. The lowest BCUT2D eigenvalue weighted by Crippen LogP contribution is -2.14. The Morgan fingerprint density at radius 2 is 1.72 bits per heavy atom. The Labute approximate surface area is 219 Å². The molecule has 1 aromatic carbocycles. The van der Waals surface area contributed by atoms with Crippen LogP contribution in [0.25, 0.3) is 5.57 Å². The number of benzene rings is 1. The summed E-state index contributed by atoms with van der Waals surface area (Å²) >= 11 is 4.34. The van der Waals surface area contributed by atoms with E-state index in [2.05, 4.69) is 56.7 Å². The molecule has 1 aromatic heterocycles. The number of halogens is 2. The molecular weight excluding hydrogens is 622 g/mol. The van der Waals surface area contributed by atoms with Gasteiger partial charge in [0.05, 0.1) is 11.4 Å². The van der Waals surface area contributed by atoms with Crippen LogP contribution in [0.4, 0.5) is 0 Å². The minimum absolute atomic E-state index is 0.229. The fraction of sp³-hybridized carbons (Fsp3) is 0.154. The highest BCUT2D eigenvalue weighted by Crippen LogP contribution is 2.29. The van der Waals surface area contributed by atoms with Gasteiger partial charge < -0.3 is 0 Å². The third-order valence-corrected chi connectivity index (χ3v) is 4.88. The van der Waals surface area contributed by atoms with Gasteiger partial charge in [-0.25, -0.2) is 0 Å². The van der Waals surface area contributed by atoms with Crippen LogP contribution < -0.4 is 0 Å². The number of nitrogens with one attached hydrogen (secondary N) is 2. The molecule has 0 radical (unpaired) electrons. The van der Waals surface area contributed by atoms with Gasteiger partial charge in [0.1, 0.15) is 11.8 Å². The van der Waals surface area contributed by atoms with Crippen LogP contribution in [0.5, 0.6) is 0 Å². The highest BCUT2D eigenvalue weighted by Gasteiger charge is 2.23. The summed E-state index contributed by atoms with van der Waals surface area (Å²) in [4.78, 5) is 6.31. The monoisotopic (exact) mass is 650 g/mol. The second kappa shape index (κ2) is 17.2. The van der Waals surface area contributed by atoms with Crippen LogP contribution >= 0.6 is 45.2 Å². The largest absolute Gasteiger partial charge is 0.300 e. The van der Waals surface area contributed by atoms with Crippen molar-refractivity contribution in [3.05, 3.63) is 106 Å². The summed E-state index contributed by atoms with van der Waals surface area (Å²) in [5, 5.41) is 26.7. The fourth-order valence-corrected chi connectivity index (χ4v) is 3.31. The Bertz CT molecular complexity index is 1040. The van der Waals surface area contributed by atoms with Crippen molar-refractivity contribution in [2.45, 2.75) is 20.8 Å². The van der Waals surface area contributed by atoms with Crippen LogP contribution in [0.2, 0.25) is 0 Å². The van der Waals surface area contributed by atoms with Gasteiger partial charge in [0.2, 0.25) is 0 Å². The van der Waals surface area contributed by atoms with E-state index >= 15 is 0 Å². The zero-order valence-corrected chi connectivity index (χ0v) is 23.1. The van der Waals surface area contributed by atoms with Gasteiger partial charge >= 0.3 is 0 Å². The molecule has 0 aliphatic rings. The molecule has 166 valence electrons. The van der Waals surface area contributed by atoms with Crippen LogP contribution in [-0.4, -0.2) is 21.3 Å². The molecule has 0 saturated carbocycles. The first-order chi connectivity index (χ1) is 15.5. The van der Waals surface area contributed by atoms with E-state index in [1.54, 1.807) is 36.5 Å². The van der Waals surface area contributed by atoms with Crippen molar-refractivity contribution < 1.29 is 0 Å². The lowest BCUT2D eigenvalue weighted by molar-refractivity contribution is 1.27. The molecule has 0 fully saturated rings. The van der Waals surface area contributed by atoms with E-state index in [1.807, 2.05) is 68.2 Å². The third kappa shape index (κ3) is 8.28. The van der Waals surface area contributed by atoms with Crippen molar-refractivity contribution in [1.29, 1.82) is 16.1 Å². The first-order valence-electron chi connectivity index (χ1n) is 9.87. The van der Waals surface area contributed by atoms with E-state index in [1.165, 1.54) is 0 Å². The van der Waals surface area contributed by atoms with Crippen molar-refractivity contribution in [2.24, 2.45) is 0 Å². The summed E-state index contributed by atoms with van der Waals surface area (Å²) in [5.41, 5.74) is 2.72. The lowest BCUT2D eigenvalue weighted by Gasteiger charge is -2.17. The maximum atomic E-state index is 9.49. The molecule has 0 unspecified atom stereocenters. The summed E-state index contributed by atoms with van der Waals surface area (Å²) in [7, 11) is 0. The number of nitrogens with zero attached hydrogens (tertiary/aromatic N) is 2. The van der Waals surface area contributed by atoms with Crippen molar-refractivity contribution in [2.75, 3.05) is 4.93 Å². The van der Waals surface area contributed by atoms with E-state index in [0.717, 1.165) is 9.13 Å². The van der Waals surface area contributed by atoms with E-state index in [0.29, 0.717) is 22.4 Å². The van der Waals surface area contributed by atoms with Gasteiger partial charge in [0.15, 0.2) is 0 Å². The molecule has 32 heavy (non-hydrogen) atoms. The average Bonchev–Trinajstić information content (AvgIpc) is 2.86. The van der Waals surface area contributed by atoms with Gasteiger partial charge in [-0.2, -0.15) is 5.26 Å². The number of allylic oxidation sites excluding steroid dienone is 7. The molecule has 0 aliphatic carbocycles. The molecule has 0 aliphatic heterocycles. The number of aromatic nitrogens is 1. The maximum Gasteiger partial charge on any atom is 0.142 e. The third-order valence-electron chi connectivity index (χ3n) is 3.94. The Morgan fingerprint density at radius 3 is 2.22 bits per heavy atom. The topological polar surface area (TPSA) is 84.4 Å². The quantitative estimate of drug-likeness (QED) is 0.139. The van der Waals surface area contributed by atoms with Gasteiger partial charge in [-0.3, -0.25) is 15.8 Å². The SMILES string of the molecule is C=C\C=C/C(=C\C)C(/C(=N)c1ccccc1I)=C(/C(=N)C#N)c1ccccn1.CC.CI. The molecular formula is C26H28I2N4. The lowest BCUT2D eigenvalue weighted by atomic mass is 9.87. The smallest absolute Gasteiger partial charge is 0.142 e. The molecule has 2 rings (SSSR count). The number of rotatable bonds is 7.